The molecule has 0 radical (unpaired) electrons. The number of hydrogen-bond acceptors (Lipinski definition) is 4. The maximum atomic E-state index is 12.5. The zero-order valence-corrected chi connectivity index (χ0v) is 12.8. The van der Waals surface area contributed by atoms with Crippen molar-refractivity contribution in [3.63, 3.8) is 0 Å². The summed E-state index contributed by atoms with van der Waals surface area (Å²) in [6.45, 7) is 1.99. The minimum absolute atomic E-state index is 0.0519. The van der Waals surface area contributed by atoms with E-state index in [1.165, 1.54) is 4.31 Å². The number of sulfonamides is 1. The van der Waals surface area contributed by atoms with Crippen LogP contribution in [0.2, 0.25) is 0 Å². The molecule has 0 saturated carbocycles. The molecule has 1 aromatic rings. The van der Waals surface area contributed by atoms with Crippen LogP contribution in [0.3, 0.4) is 0 Å². The second-order valence-corrected chi connectivity index (χ2v) is 7.03. The lowest BCUT2D eigenvalue weighted by atomic mass is 10.1. The highest BCUT2D eigenvalue weighted by Gasteiger charge is 2.30. The lowest BCUT2D eigenvalue weighted by molar-refractivity contribution is 0.181. The fourth-order valence-corrected chi connectivity index (χ4v) is 3.64. The molecular formula is C14H22N2O3S. The molecule has 2 rings (SSSR count). The Hall–Kier alpha value is -0.950. The summed E-state index contributed by atoms with van der Waals surface area (Å²) in [7, 11) is 0.107. The molecule has 5 nitrogen and oxygen atoms in total. The van der Waals surface area contributed by atoms with Gasteiger partial charge in [0, 0.05) is 13.7 Å². The first-order chi connectivity index (χ1) is 9.55. The Labute approximate surface area is 121 Å². The molecule has 1 saturated heterocycles. The number of likely N-dealkylation sites (N-methyl/N-ethyl adjacent to an activating group) is 2. The summed E-state index contributed by atoms with van der Waals surface area (Å²) in [6, 6.07) is 7.08. The quantitative estimate of drug-likeness (QED) is 0.846. The van der Waals surface area contributed by atoms with Crippen LogP contribution >= 0.6 is 0 Å². The third-order valence-corrected chi connectivity index (χ3v) is 5.61. The molecule has 0 aromatic heterocycles. The number of nitrogens with one attached hydrogen (secondary N) is 1. The molecule has 1 heterocycles. The van der Waals surface area contributed by atoms with Crippen LogP contribution in [0.1, 0.15) is 12.0 Å². The van der Waals surface area contributed by atoms with Gasteiger partial charge in [-0.15, -0.1) is 0 Å². The molecule has 112 valence electrons. The maximum Gasteiger partial charge on any atom is 0.243 e. The van der Waals surface area contributed by atoms with E-state index >= 15 is 0 Å². The molecule has 1 N–H and O–H groups in total. The smallest absolute Gasteiger partial charge is 0.243 e. The van der Waals surface area contributed by atoms with Crippen LogP contribution in [0.15, 0.2) is 29.2 Å². The first-order valence-electron chi connectivity index (χ1n) is 6.85. The number of nitrogens with zero attached hydrogens (tertiary/aromatic N) is 1. The van der Waals surface area contributed by atoms with Crippen LogP contribution in [0.25, 0.3) is 0 Å². The number of benzene rings is 1. The van der Waals surface area contributed by atoms with E-state index in [1.807, 2.05) is 19.2 Å². The first-order valence-corrected chi connectivity index (χ1v) is 8.29. The van der Waals surface area contributed by atoms with Gasteiger partial charge in [0.15, 0.2) is 0 Å². The van der Waals surface area contributed by atoms with Crippen molar-refractivity contribution in [2.45, 2.75) is 23.8 Å². The molecule has 1 aromatic carbocycles. The van der Waals surface area contributed by atoms with Gasteiger partial charge in [0.25, 0.3) is 0 Å². The Kier molecular flexibility index (Phi) is 5.15. The van der Waals surface area contributed by atoms with Gasteiger partial charge in [-0.1, -0.05) is 12.1 Å². The molecule has 1 aliphatic heterocycles. The van der Waals surface area contributed by atoms with Gasteiger partial charge >= 0.3 is 0 Å². The number of rotatable bonds is 6. The number of ether oxygens (including phenoxy) is 1. The van der Waals surface area contributed by atoms with Crippen molar-refractivity contribution in [1.29, 1.82) is 0 Å². The Morgan fingerprint density at radius 3 is 2.60 bits per heavy atom. The van der Waals surface area contributed by atoms with Gasteiger partial charge in [0.1, 0.15) is 0 Å². The fraction of sp³-hybridized carbons (Fsp3) is 0.571. The Bertz CT molecular complexity index is 522. The highest BCUT2D eigenvalue weighted by Crippen LogP contribution is 2.21. The standard InChI is InChI=1S/C14H22N2O3S/c1-15-9-7-12-3-5-14(6-4-12)20(17,18)16(2)13-8-10-19-11-13/h3-6,13,15H,7-11H2,1-2H3. The van der Waals surface area contributed by atoms with Crippen LogP contribution in [-0.4, -0.2) is 52.6 Å². The predicted octanol–water partition coefficient (Wildman–Crippen LogP) is 0.858. The van der Waals surface area contributed by atoms with Crippen molar-refractivity contribution >= 4 is 10.0 Å². The Balaban J connectivity index is 2.12. The van der Waals surface area contributed by atoms with Gasteiger partial charge in [0.05, 0.1) is 17.5 Å². The SMILES string of the molecule is CNCCc1ccc(S(=O)(=O)N(C)C2CCOC2)cc1. The molecule has 0 bridgehead atoms. The van der Waals surface area contributed by atoms with Crippen molar-refractivity contribution in [2.24, 2.45) is 0 Å². The van der Waals surface area contributed by atoms with Crippen molar-refractivity contribution in [2.75, 3.05) is 33.9 Å². The van der Waals surface area contributed by atoms with Crippen LogP contribution in [-0.2, 0) is 21.2 Å². The molecule has 0 spiro atoms. The zero-order valence-electron chi connectivity index (χ0n) is 12.0. The van der Waals surface area contributed by atoms with Crippen molar-refractivity contribution in [3.8, 4) is 0 Å². The lowest BCUT2D eigenvalue weighted by Crippen LogP contribution is -2.37. The fourth-order valence-electron chi connectivity index (χ4n) is 2.27. The van der Waals surface area contributed by atoms with Crippen LogP contribution in [0.5, 0.6) is 0 Å². The third-order valence-electron chi connectivity index (χ3n) is 3.68. The van der Waals surface area contributed by atoms with Crippen molar-refractivity contribution < 1.29 is 13.2 Å². The van der Waals surface area contributed by atoms with E-state index in [4.69, 9.17) is 4.74 Å². The molecule has 1 aliphatic rings. The second kappa shape index (κ2) is 6.67. The van der Waals surface area contributed by atoms with E-state index in [9.17, 15) is 8.42 Å². The van der Waals surface area contributed by atoms with Gasteiger partial charge in [-0.25, -0.2) is 8.42 Å². The summed E-state index contributed by atoms with van der Waals surface area (Å²) in [5.74, 6) is 0. The van der Waals surface area contributed by atoms with E-state index < -0.39 is 10.0 Å². The van der Waals surface area contributed by atoms with Gasteiger partial charge < -0.3 is 10.1 Å². The van der Waals surface area contributed by atoms with Gasteiger partial charge in [-0.3, -0.25) is 0 Å². The normalized spacial score (nSPS) is 19.6. The van der Waals surface area contributed by atoms with Crippen LogP contribution in [0.4, 0.5) is 0 Å². The molecule has 1 fully saturated rings. The van der Waals surface area contributed by atoms with Gasteiger partial charge in [-0.2, -0.15) is 4.31 Å². The largest absolute Gasteiger partial charge is 0.380 e. The number of hydrogen-bond donors (Lipinski definition) is 1. The van der Waals surface area contributed by atoms with E-state index in [1.54, 1.807) is 19.2 Å². The zero-order chi connectivity index (χ0) is 14.6. The van der Waals surface area contributed by atoms with Crippen molar-refractivity contribution in [1.82, 2.24) is 9.62 Å². The van der Waals surface area contributed by atoms with E-state index in [0.717, 1.165) is 24.9 Å². The molecular weight excluding hydrogens is 276 g/mol. The molecule has 0 amide bonds. The summed E-state index contributed by atoms with van der Waals surface area (Å²) in [5, 5.41) is 3.08. The van der Waals surface area contributed by atoms with E-state index in [0.29, 0.717) is 18.1 Å². The molecule has 1 unspecified atom stereocenters. The van der Waals surface area contributed by atoms with E-state index in [2.05, 4.69) is 5.32 Å². The summed E-state index contributed by atoms with van der Waals surface area (Å²) < 4.78 is 31.7. The minimum atomic E-state index is -3.42. The topological polar surface area (TPSA) is 58.6 Å². The van der Waals surface area contributed by atoms with E-state index in [-0.39, 0.29) is 6.04 Å². The summed E-state index contributed by atoms with van der Waals surface area (Å²) >= 11 is 0. The Morgan fingerprint density at radius 1 is 1.35 bits per heavy atom. The van der Waals surface area contributed by atoms with Gasteiger partial charge in [0.2, 0.25) is 10.0 Å². The summed E-state index contributed by atoms with van der Waals surface area (Å²) in [4.78, 5) is 0.347. The second-order valence-electron chi connectivity index (χ2n) is 5.04. The monoisotopic (exact) mass is 298 g/mol. The van der Waals surface area contributed by atoms with Gasteiger partial charge in [-0.05, 0) is 44.1 Å². The van der Waals surface area contributed by atoms with Crippen molar-refractivity contribution in [3.05, 3.63) is 29.8 Å². The third kappa shape index (κ3) is 3.38. The molecule has 1 atom stereocenters. The van der Waals surface area contributed by atoms with Crippen LogP contribution in [0, 0.1) is 0 Å². The highest BCUT2D eigenvalue weighted by atomic mass is 32.2. The lowest BCUT2D eigenvalue weighted by Gasteiger charge is -2.22. The summed E-state index contributed by atoms with van der Waals surface area (Å²) in [5.41, 5.74) is 1.13. The highest BCUT2D eigenvalue weighted by molar-refractivity contribution is 7.89. The average Bonchev–Trinajstić information content (AvgIpc) is 2.98. The molecule has 6 heteroatoms. The average molecular weight is 298 g/mol. The minimum Gasteiger partial charge on any atom is -0.380 e. The molecule has 20 heavy (non-hydrogen) atoms. The molecule has 0 aliphatic carbocycles. The first kappa shape index (κ1) is 15.4. The Morgan fingerprint density at radius 2 is 2.05 bits per heavy atom. The predicted molar refractivity (Wildman–Crippen MR) is 78.2 cm³/mol. The maximum absolute atomic E-state index is 12.5. The summed E-state index contributed by atoms with van der Waals surface area (Å²) in [6.07, 6.45) is 1.65. The van der Waals surface area contributed by atoms with Crippen LogP contribution < -0.4 is 5.32 Å².